The highest BCUT2D eigenvalue weighted by Gasteiger charge is 2.27. The maximum absolute atomic E-state index is 12.3. The van der Waals surface area contributed by atoms with E-state index in [0.717, 1.165) is 29.9 Å². The molecule has 3 heterocycles. The van der Waals surface area contributed by atoms with Gasteiger partial charge in [0.25, 0.3) is 5.91 Å². The number of amides is 1. The average Bonchev–Trinajstić information content (AvgIpc) is 3.06. The molecule has 21 heavy (non-hydrogen) atoms. The molecule has 112 valence electrons. The van der Waals surface area contributed by atoms with Gasteiger partial charge < -0.3 is 5.32 Å². The Morgan fingerprint density at radius 3 is 3.10 bits per heavy atom. The molecule has 3 N–H and O–H groups in total. The van der Waals surface area contributed by atoms with Crippen molar-refractivity contribution in [3.63, 3.8) is 0 Å². The number of rotatable bonds is 3. The lowest BCUT2D eigenvalue weighted by Crippen LogP contribution is -2.25. The fraction of sp³-hybridized carbons (Fsp3) is 0.462. The fourth-order valence-corrected chi connectivity index (χ4v) is 3.27. The van der Waals surface area contributed by atoms with E-state index in [9.17, 15) is 4.79 Å². The summed E-state index contributed by atoms with van der Waals surface area (Å²) in [5.41, 5.74) is 3.63. The summed E-state index contributed by atoms with van der Waals surface area (Å²) < 4.78 is 0. The topological polar surface area (TPSA) is 82.7 Å². The van der Waals surface area contributed by atoms with E-state index in [1.54, 1.807) is 0 Å². The normalized spacial score (nSPS) is 17.0. The number of aromatic nitrogens is 3. The first kappa shape index (κ1) is 14.5. The van der Waals surface area contributed by atoms with Gasteiger partial charge in [-0.15, -0.1) is 23.7 Å². The lowest BCUT2D eigenvalue weighted by atomic mass is 10.1. The van der Waals surface area contributed by atoms with Crippen LogP contribution in [0.1, 0.15) is 46.2 Å². The zero-order valence-corrected chi connectivity index (χ0v) is 12.9. The van der Waals surface area contributed by atoms with Crippen LogP contribution in [0.5, 0.6) is 0 Å². The zero-order valence-electron chi connectivity index (χ0n) is 11.3. The molecule has 0 atom stereocenters. The number of anilines is 1. The molecule has 6 nitrogen and oxygen atoms in total. The second-order valence-corrected chi connectivity index (χ2v) is 6.12. The Labute approximate surface area is 132 Å². The number of thiazole rings is 1. The van der Waals surface area contributed by atoms with Gasteiger partial charge >= 0.3 is 0 Å². The number of hydrogen-bond acceptors (Lipinski definition) is 5. The number of aromatic amines is 1. The van der Waals surface area contributed by atoms with Crippen LogP contribution in [-0.4, -0.2) is 27.6 Å². The molecule has 0 unspecified atom stereocenters. The van der Waals surface area contributed by atoms with Crippen molar-refractivity contribution < 1.29 is 4.79 Å². The van der Waals surface area contributed by atoms with Gasteiger partial charge in [-0.3, -0.25) is 15.2 Å². The molecule has 2 aliphatic rings. The van der Waals surface area contributed by atoms with Crippen LogP contribution < -0.4 is 10.6 Å². The van der Waals surface area contributed by atoms with Crippen LogP contribution in [-0.2, 0) is 13.0 Å². The van der Waals surface area contributed by atoms with E-state index in [2.05, 4.69) is 25.8 Å². The average molecular weight is 326 g/mol. The van der Waals surface area contributed by atoms with Gasteiger partial charge in [0.1, 0.15) is 0 Å². The second-order valence-electron chi connectivity index (χ2n) is 5.26. The molecule has 0 bridgehead atoms. The number of carbonyl (C=O) groups excluding carboxylic acids is 1. The lowest BCUT2D eigenvalue weighted by Gasteiger charge is -2.12. The van der Waals surface area contributed by atoms with Crippen LogP contribution in [0, 0.1) is 0 Å². The third-order valence-electron chi connectivity index (χ3n) is 3.76. The molecule has 0 spiro atoms. The quantitative estimate of drug-likeness (QED) is 0.806. The van der Waals surface area contributed by atoms with Gasteiger partial charge in [0.2, 0.25) is 0 Å². The Hall–Kier alpha value is -1.44. The fourth-order valence-electron chi connectivity index (χ4n) is 2.48. The van der Waals surface area contributed by atoms with Gasteiger partial charge in [-0.1, -0.05) is 0 Å². The van der Waals surface area contributed by atoms with E-state index in [1.165, 1.54) is 24.2 Å². The van der Waals surface area contributed by atoms with E-state index in [4.69, 9.17) is 0 Å². The molecule has 1 aliphatic carbocycles. The molecule has 1 fully saturated rings. The van der Waals surface area contributed by atoms with E-state index in [1.807, 2.05) is 5.38 Å². The number of fused-ring (bicyclic) bond motifs is 1. The Morgan fingerprint density at radius 1 is 1.43 bits per heavy atom. The molecular weight excluding hydrogens is 310 g/mol. The summed E-state index contributed by atoms with van der Waals surface area (Å²) in [6.07, 6.45) is 3.32. The summed E-state index contributed by atoms with van der Waals surface area (Å²) >= 11 is 1.48. The summed E-state index contributed by atoms with van der Waals surface area (Å²) in [7, 11) is 0. The van der Waals surface area contributed by atoms with Crippen molar-refractivity contribution in [3.05, 3.63) is 28.0 Å². The Kier molecular flexibility index (Phi) is 3.97. The minimum atomic E-state index is -0.178. The summed E-state index contributed by atoms with van der Waals surface area (Å²) in [6.45, 7) is 1.62. The van der Waals surface area contributed by atoms with Gasteiger partial charge in [0.05, 0.1) is 5.69 Å². The number of nitrogens with zero attached hydrogens (tertiary/aromatic N) is 2. The highest BCUT2D eigenvalue weighted by atomic mass is 35.5. The number of H-pyrrole nitrogens is 1. The van der Waals surface area contributed by atoms with Crippen molar-refractivity contribution >= 4 is 34.8 Å². The van der Waals surface area contributed by atoms with Gasteiger partial charge in [-0.2, -0.15) is 5.10 Å². The van der Waals surface area contributed by atoms with Crippen LogP contribution in [0.15, 0.2) is 5.38 Å². The van der Waals surface area contributed by atoms with E-state index in [-0.39, 0.29) is 18.3 Å². The Morgan fingerprint density at radius 2 is 2.29 bits per heavy atom. The minimum absolute atomic E-state index is 0. The largest absolute Gasteiger partial charge is 0.312 e. The Bertz CT molecular complexity index is 663. The third-order valence-corrected chi connectivity index (χ3v) is 4.54. The molecule has 0 aromatic carbocycles. The van der Waals surface area contributed by atoms with Crippen molar-refractivity contribution in [1.82, 2.24) is 20.5 Å². The van der Waals surface area contributed by atoms with Gasteiger partial charge in [-0.05, 0) is 12.8 Å². The predicted molar refractivity (Wildman–Crippen MR) is 83.3 cm³/mol. The second kappa shape index (κ2) is 5.75. The minimum Gasteiger partial charge on any atom is -0.312 e. The molecule has 4 rings (SSSR count). The lowest BCUT2D eigenvalue weighted by molar-refractivity contribution is 0.102. The maximum atomic E-state index is 12.3. The van der Waals surface area contributed by atoms with Crippen LogP contribution in [0.2, 0.25) is 0 Å². The zero-order chi connectivity index (χ0) is 13.5. The smallest absolute Gasteiger partial charge is 0.278 e. The van der Waals surface area contributed by atoms with Crippen molar-refractivity contribution in [2.75, 3.05) is 11.9 Å². The molecule has 1 aliphatic heterocycles. The molecular formula is C13H16ClN5OS. The molecule has 1 amide bonds. The predicted octanol–water partition coefficient (Wildman–Crippen LogP) is 2.06. The Balaban J connectivity index is 0.00000132. The van der Waals surface area contributed by atoms with Gasteiger partial charge in [-0.25, -0.2) is 4.98 Å². The van der Waals surface area contributed by atoms with Crippen LogP contribution in [0.4, 0.5) is 5.13 Å². The van der Waals surface area contributed by atoms with Gasteiger partial charge in [0, 0.05) is 42.1 Å². The van der Waals surface area contributed by atoms with E-state index < -0.39 is 0 Å². The molecule has 2 aromatic heterocycles. The standard InChI is InChI=1S/C13H15N5OS.ClH/c19-12(11-8-5-14-4-3-9(8)17-18-11)16-13-15-10(6-20-13)7-1-2-7;/h6-7,14H,1-5H2,(H,17,18)(H,15,16,19);1H. The van der Waals surface area contributed by atoms with Crippen molar-refractivity contribution in [3.8, 4) is 0 Å². The molecule has 0 radical (unpaired) electrons. The highest BCUT2D eigenvalue weighted by molar-refractivity contribution is 7.14. The van der Waals surface area contributed by atoms with Crippen molar-refractivity contribution in [2.45, 2.75) is 31.7 Å². The molecule has 8 heteroatoms. The SMILES string of the molecule is Cl.O=C(Nc1nc(C2CC2)cs1)c1n[nH]c2c1CNCC2. The van der Waals surface area contributed by atoms with E-state index >= 15 is 0 Å². The maximum Gasteiger partial charge on any atom is 0.278 e. The first-order valence-corrected chi connectivity index (χ1v) is 7.73. The number of carbonyl (C=O) groups is 1. The first-order chi connectivity index (χ1) is 9.81. The molecule has 0 saturated heterocycles. The highest BCUT2D eigenvalue weighted by Crippen LogP contribution is 2.40. The molecule has 1 saturated carbocycles. The number of nitrogens with one attached hydrogen (secondary N) is 3. The third kappa shape index (κ3) is 2.81. The summed E-state index contributed by atoms with van der Waals surface area (Å²) in [4.78, 5) is 16.8. The van der Waals surface area contributed by atoms with E-state index in [0.29, 0.717) is 23.3 Å². The summed E-state index contributed by atoms with van der Waals surface area (Å²) in [5.74, 6) is 0.433. The summed E-state index contributed by atoms with van der Waals surface area (Å²) in [6, 6.07) is 0. The van der Waals surface area contributed by atoms with Crippen LogP contribution in [0.25, 0.3) is 0 Å². The van der Waals surface area contributed by atoms with Crippen molar-refractivity contribution in [1.29, 1.82) is 0 Å². The van der Waals surface area contributed by atoms with Gasteiger partial charge in [0.15, 0.2) is 10.8 Å². The summed E-state index contributed by atoms with van der Waals surface area (Å²) in [5, 5.41) is 15.9. The van der Waals surface area contributed by atoms with Crippen molar-refractivity contribution in [2.24, 2.45) is 0 Å². The number of halogens is 1. The van der Waals surface area contributed by atoms with Crippen LogP contribution in [0.3, 0.4) is 0 Å². The molecule has 2 aromatic rings. The van der Waals surface area contributed by atoms with Crippen LogP contribution >= 0.6 is 23.7 Å². The first-order valence-electron chi connectivity index (χ1n) is 6.85. The monoisotopic (exact) mass is 325 g/mol. The number of hydrogen-bond donors (Lipinski definition) is 3.